The van der Waals surface area contributed by atoms with Crippen LogP contribution in [0, 0.1) is 6.92 Å². The molecule has 11 heavy (non-hydrogen) atoms. The second-order valence-electron chi connectivity index (χ2n) is 2.14. The van der Waals surface area contributed by atoms with Crippen LogP contribution >= 0.6 is 11.8 Å². The van der Waals surface area contributed by atoms with Gasteiger partial charge in [-0.2, -0.15) is 8.78 Å². The topological polar surface area (TPSA) is 0 Å². The van der Waals surface area contributed by atoms with Gasteiger partial charge >= 0.3 is 0 Å². The minimum atomic E-state index is -2.32. The highest BCUT2D eigenvalue weighted by Crippen LogP contribution is 2.27. The molecule has 0 saturated heterocycles. The van der Waals surface area contributed by atoms with Crippen molar-refractivity contribution in [2.24, 2.45) is 0 Å². The smallest absolute Gasteiger partial charge is 0.198 e. The first-order valence-electron chi connectivity index (χ1n) is 3.20. The summed E-state index contributed by atoms with van der Waals surface area (Å²) in [5.74, 6) is -2.32. The first-order valence-corrected chi connectivity index (χ1v) is 4.08. The third kappa shape index (κ3) is 2.50. The maximum Gasteiger partial charge on any atom is 0.288 e. The van der Waals surface area contributed by atoms with Crippen molar-refractivity contribution in [3.63, 3.8) is 0 Å². The van der Waals surface area contributed by atoms with Crippen molar-refractivity contribution in [1.82, 2.24) is 0 Å². The molecule has 0 aromatic heterocycles. The monoisotopic (exact) mass is 174 g/mol. The zero-order valence-corrected chi connectivity index (χ0v) is 6.87. The molecule has 0 heterocycles. The summed E-state index contributed by atoms with van der Waals surface area (Å²) in [6.45, 7) is 1.82. The third-order valence-electron chi connectivity index (χ3n) is 1.31. The zero-order valence-electron chi connectivity index (χ0n) is 6.05. The van der Waals surface area contributed by atoms with E-state index in [2.05, 4.69) is 0 Å². The van der Waals surface area contributed by atoms with E-state index in [-0.39, 0.29) is 0 Å². The van der Waals surface area contributed by atoms with Gasteiger partial charge in [0.15, 0.2) is 0 Å². The molecule has 0 nitrogen and oxygen atoms in total. The Morgan fingerprint density at radius 3 is 2.45 bits per heavy atom. The number of aryl methyl sites for hydroxylation is 1. The van der Waals surface area contributed by atoms with Crippen LogP contribution in [0.1, 0.15) is 5.56 Å². The average molecular weight is 174 g/mol. The van der Waals surface area contributed by atoms with Crippen LogP contribution in [0.25, 0.3) is 0 Å². The Hall–Kier alpha value is -0.570. The van der Waals surface area contributed by atoms with E-state index in [1.807, 2.05) is 19.1 Å². The Morgan fingerprint density at radius 1 is 1.27 bits per heavy atom. The Bertz CT molecular complexity index is 235. The van der Waals surface area contributed by atoms with Crippen LogP contribution in [-0.4, -0.2) is 5.76 Å². The highest BCUT2D eigenvalue weighted by Gasteiger charge is 2.05. The van der Waals surface area contributed by atoms with Gasteiger partial charge in [0.1, 0.15) is 0 Å². The van der Waals surface area contributed by atoms with Crippen molar-refractivity contribution in [3.05, 3.63) is 29.8 Å². The summed E-state index contributed by atoms with van der Waals surface area (Å²) in [5.41, 5.74) is 0.901. The molecule has 1 rings (SSSR count). The summed E-state index contributed by atoms with van der Waals surface area (Å²) >= 11 is 0.592. The van der Waals surface area contributed by atoms with Crippen LogP contribution in [0.2, 0.25) is 0 Å². The van der Waals surface area contributed by atoms with Crippen molar-refractivity contribution < 1.29 is 8.78 Å². The number of rotatable bonds is 2. The van der Waals surface area contributed by atoms with Gasteiger partial charge in [-0.25, -0.2) is 0 Å². The lowest BCUT2D eigenvalue weighted by Gasteiger charge is -2.02. The summed E-state index contributed by atoms with van der Waals surface area (Å²) in [6.07, 6.45) is 0. The molecule has 0 saturated carbocycles. The van der Waals surface area contributed by atoms with Crippen molar-refractivity contribution in [3.8, 4) is 0 Å². The third-order valence-corrected chi connectivity index (χ3v) is 2.20. The minimum Gasteiger partial charge on any atom is -0.198 e. The van der Waals surface area contributed by atoms with E-state index < -0.39 is 5.76 Å². The quantitative estimate of drug-likeness (QED) is 0.620. The molecule has 0 aliphatic rings. The van der Waals surface area contributed by atoms with Crippen LogP contribution < -0.4 is 0 Å². The Balaban J connectivity index is 2.78. The summed E-state index contributed by atoms with van der Waals surface area (Å²) in [6, 6.07) is 7.12. The summed E-state index contributed by atoms with van der Waals surface area (Å²) in [4.78, 5) is 0.655. The molecular weight excluding hydrogens is 166 g/mol. The van der Waals surface area contributed by atoms with Crippen LogP contribution in [0.3, 0.4) is 0 Å². The van der Waals surface area contributed by atoms with E-state index in [1.165, 1.54) is 0 Å². The first kappa shape index (κ1) is 8.53. The lowest BCUT2D eigenvalue weighted by molar-refractivity contribution is 0.252. The second kappa shape index (κ2) is 3.72. The second-order valence-corrected chi connectivity index (χ2v) is 3.18. The fraction of sp³-hybridized carbons (Fsp3) is 0.250. The van der Waals surface area contributed by atoms with Gasteiger partial charge in [0.05, 0.1) is 0 Å². The molecule has 1 aromatic carbocycles. The molecule has 0 amide bonds. The first-order chi connectivity index (χ1) is 5.20. The molecule has 0 N–H and O–H groups in total. The van der Waals surface area contributed by atoms with Gasteiger partial charge in [-0.1, -0.05) is 30.0 Å². The van der Waals surface area contributed by atoms with E-state index in [0.29, 0.717) is 16.7 Å². The van der Waals surface area contributed by atoms with Gasteiger partial charge in [-0.05, 0) is 18.6 Å². The summed E-state index contributed by atoms with van der Waals surface area (Å²) in [5, 5.41) is 0. The van der Waals surface area contributed by atoms with Gasteiger partial charge in [-0.3, -0.25) is 0 Å². The van der Waals surface area contributed by atoms with E-state index in [9.17, 15) is 8.78 Å². The van der Waals surface area contributed by atoms with E-state index in [0.717, 1.165) is 5.56 Å². The maximum absolute atomic E-state index is 11.9. The van der Waals surface area contributed by atoms with E-state index in [4.69, 9.17) is 0 Å². The average Bonchev–Trinajstić information content (AvgIpc) is 1.93. The molecule has 0 bridgehead atoms. The SMILES string of the molecule is Cc1ccccc1SC(F)F. The molecular formula is C8H8F2S. The number of alkyl halides is 2. The Kier molecular flexibility index (Phi) is 2.88. The lowest BCUT2D eigenvalue weighted by Crippen LogP contribution is -1.83. The van der Waals surface area contributed by atoms with Gasteiger partial charge in [-0.15, -0.1) is 0 Å². The zero-order chi connectivity index (χ0) is 8.27. The number of hydrogen-bond donors (Lipinski definition) is 0. The molecule has 0 aliphatic carbocycles. The Labute approximate surface area is 68.6 Å². The highest BCUT2D eigenvalue weighted by molar-refractivity contribution is 7.99. The van der Waals surface area contributed by atoms with E-state index in [1.54, 1.807) is 12.1 Å². The lowest BCUT2D eigenvalue weighted by atomic mass is 10.2. The van der Waals surface area contributed by atoms with Crippen molar-refractivity contribution in [1.29, 1.82) is 0 Å². The van der Waals surface area contributed by atoms with Gasteiger partial charge in [0.2, 0.25) is 0 Å². The number of benzene rings is 1. The van der Waals surface area contributed by atoms with Crippen LogP contribution in [0.15, 0.2) is 29.2 Å². The number of halogens is 2. The normalized spacial score (nSPS) is 10.5. The molecule has 0 atom stereocenters. The molecule has 3 heteroatoms. The predicted octanol–water partition coefficient (Wildman–Crippen LogP) is 3.31. The van der Waals surface area contributed by atoms with Gasteiger partial charge in [0, 0.05) is 4.90 Å². The minimum absolute atomic E-state index is 0.592. The van der Waals surface area contributed by atoms with Crippen LogP contribution in [-0.2, 0) is 0 Å². The molecule has 0 unspecified atom stereocenters. The predicted molar refractivity (Wildman–Crippen MR) is 43.0 cm³/mol. The molecule has 0 fully saturated rings. The van der Waals surface area contributed by atoms with Gasteiger partial charge in [0.25, 0.3) is 5.76 Å². The summed E-state index contributed by atoms with van der Waals surface area (Å²) < 4.78 is 23.7. The van der Waals surface area contributed by atoms with Crippen LogP contribution in [0.5, 0.6) is 0 Å². The van der Waals surface area contributed by atoms with Crippen LogP contribution in [0.4, 0.5) is 8.78 Å². The number of thioether (sulfide) groups is 1. The van der Waals surface area contributed by atoms with Crippen molar-refractivity contribution >= 4 is 11.8 Å². The molecule has 60 valence electrons. The Morgan fingerprint density at radius 2 is 1.91 bits per heavy atom. The van der Waals surface area contributed by atoms with E-state index >= 15 is 0 Å². The highest BCUT2D eigenvalue weighted by atomic mass is 32.2. The van der Waals surface area contributed by atoms with Gasteiger partial charge < -0.3 is 0 Å². The largest absolute Gasteiger partial charge is 0.288 e. The summed E-state index contributed by atoms with van der Waals surface area (Å²) in [7, 11) is 0. The number of hydrogen-bond acceptors (Lipinski definition) is 1. The molecule has 1 aromatic rings. The standard InChI is InChI=1S/C8H8F2S/c1-6-4-2-3-5-7(6)11-8(9)10/h2-5,8H,1H3. The molecule has 0 radical (unpaired) electrons. The maximum atomic E-state index is 11.9. The van der Waals surface area contributed by atoms with Crippen molar-refractivity contribution in [2.75, 3.05) is 0 Å². The molecule has 0 aliphatic heterocycles. The fourth-order valence-corrected chi connectivity index (χ4v) is 1.39. The molecule has 0 spiro atoms. The van der Waals surface area contributed by atoms with Crippen molar-refractivity contribution in [2.45, 2.75) is 17.6 Å². The fourth-order valence-electron chi connectivity index (χ4n) is 0.785.